The van der Waals surface area contributed by atoms with Crippen molar-refractivity contribution in [3.63, 3.8) is 0 Å². The number of ether oxygens (including phenoxy) is 1. The van der Waals surface area contributed by atoms with Crippen LogP contribution in [0.1, 0.15) is 30.8 Å². The maximum absolute atomic E-state index is 12.3. The van der Waals surface area contributed by atoms with Crippen molar-refractivity contribution in [2.24, 2.45) is 0 Å². The molecule has 0 bridgehead atoms. The summed E-state index contributed by atoms with van der Waals surface area (Å²) < 4.78 is 6.11. The number of hydrogen-bond donors (Lipinski definition) is 0. The molecular formula is C15H20N4O2. The SMILES string of the molecule is Cc1nccc(CN2CC[C@@]34OCCCN3C(=O)C[C@@H]24)n1. The summed E-state index contributed by atoms with van der Waals surface area (Å²) in [5.41, 5.74) is 0.651. The number of likely N-dealkylation sites (tertiary alicyclic amines) is 1. The zero-order chi connectivity index (χ0) is 14.4. The molecule has 21 heavy (non-hydrogen) atoms. The summed E-state index contributed by atoms with van der Waals surface area (Å²) in [4.78, 5) is 25.2. The average molecular weight is 288 g/mol. The van der Waals surface area contributed by atoms with Gasteiger partial charge in [-0.3, -0.25) is 9.69 Å². The van der Waals surface area contributed by atoms with E-state index in [1.54, 1.807) is 6.20 Å². The topological polar surface area (TPSA) is 58.6 Å². The molecular weight excluding hydrogens is 268 g/mol. The van der Waals surface area contributed by atoms with E-state index in [2.05, 4.69) is 14.9 Å². The highest BCUT2D eigenvalue weighted by atomic mass is 16.5. The van der Waals surface area contributed by atoms with Gasteiger partial charge in [0.2, 0.25) is 5.91 Å². The molecule has 3 aliphatic heterocycles. The number of carbonyl (C=O) groups is 1. The van der Waals surface area contributed by atoms with E-state index in [0.29, 0.717) is 6.42 Å². The second-order valence-electron chi connectivity index (χ2n) is 6.13. The van der Waals surface area contributed by atoms with E-state index < -0.39 is 0 Å². The average Bonchev–Trinajstić information content (AvgIpc) is 2.94. The van der Waals surface area contributed by atoms with Crippen LogP contribution < -0.4 is 0 Å². The van der Waals surface area contributed by atoms with Crippen LogP contribution in [0.15, 0.2) is 12.3 Å². The third-order valence-electron chi connectivity index (χ3n) is 4.92. The summed E-state index contributed by atoms with van der Waals surface area (Å²) in [6, 6.07) is 2.12. The van der Waals surface area contributed by atoms with Gasteiger partial charge in [0.25, 0.3) is 0 Å². The zero-order valence-corrected chi connectivity index (χ0v) is 12.3. The summed E-state index contributed by atoms with van der Waals surface area (Å²) in [7, 11) is 0. The van der Waals surface area contributed by atoms with Crippen molar-refractivity contribution in [3.8, 4) is 0 Å². The Hall–Kier alpha value is -1.53. The van der Waals surface area contributed by atoms with Crippen LogP contribution in [0.3, 0.4) is 0 Å². The molecule has 0 unspecified atom stereocenters. The lowest BCUT2D eigenvalue weighted by Crippen LogP contribution is -2.56. The number of rotatable bonds is 2. The lowest BCUT2D eigenvalue weighted by atomic mass is 10.0. The van der Waals surface area contributed by atoms with Crippen molar-refractivity contribution in [2.75, 3.05) is 19.7 Å². The monoisotopic (exact) mass is 288 g/mol. The Kier molecular flexibility index (Phi) is 2.97. The predicted octanol–water partition coefficient (Wildman–Crippen LogP) is 0.708. The first-order chi connectivity index (χ1) is 10.2. The van der Waals surface area contributed by atoms with Crippen LogP contribution >= 0.6 is 0 Å². The van der Waals surface area contributed by atoms with Crippen molar-refractivity contribution in [1.29, 1.82) is 0 Å². The van der Waals surface area contributed by atoms with E-state index in [4.69, 9.17) is 4.74 Å². The number of nitrogens with zero attached hydrogens (tertiary/aromatic N) is 4. The normalized spacial score (nSPS) is 32.3. The van der Waals surface area contributed by atoms with Gasteiger partial charge in [-0.05, 0) is 19.4 Å². The number of aromatic nitrogens is 2. The van der Waals surface area contributed by atoms with Crippen LogP contribution in [-0.2, 0) is 16.1 Å². The maximum Gasteiger partial charge on any atom is 0.226 e. The Morgan fingerprint density at radius 3 is 3.24 bits per heavy atom. The molecule has 0 radical (unpaired) electrons. The van der Waals surface area contributed by atoms with Gasteiger partial charge >= 0.3 is 0 Å². The lowest BCUT2D eigenvalue weighted by molar-refractivity contribution is -0.180. The maximum atomic E-state index is 12.3. The molecule has 1 amide bonds. The molecule has 6 nitrogen and oxygen atoms in total. The van der Waals surface area contributed by atoms with Crippen LogP contribution in [0, 0.1) is 6.92 Å². The number of aryl methyl sites for hydroxylation is 1. The van der Waals surface area contributed by atoms with Crippen molar-refractivity contribution < 1.29 is 9.53 Å². The first-order valence-corrected chi connectivity index (χ1v) is 7.66. The van der Waals surface area contributed by atoms with Gasteiger partial charge in [0, 0.05) is 38.7 Å². The van der Waals surface area contributed by atoms with E-state index in [0.717, 1.165) is 50.6 Å². The Bertz CT molecular complexity index is 579. The minimum absolute atomic E-state index is 0.167. The fourth-order valence-corrected chi connectivity index (χ4v) is 4.02. The standard InChI is InChI=1S/C15H20N4O2/c1-11-16-5-3-12(17-11)10-18-7-4-15-13(18)9-14(20)19(15)6-2-8-21-15/h3,5,13H,2,4,6-10H2,1H3/t13-,15+/m1/s1. The Morgan fingerprint density at radius 2 is 2.38 bits per heavy atom. The van der Waals surface area contributed by atoms with Crippen LogP contribution in [0.5, 0.6) is 0 Å². The van der Waals surface area contributed by atoms with E-state index in [1.165, 1.54) is 0 Å². The summed E-state index contributed by atoms with van der Waals surface area (Å²) >= 11 is 0. The highest BCUT2D eigenvalue weighted by Gasteiger charge is 2.60. The predicted molar refractivity (Wildman–Crippen MR) is 75.2 cm³/mol. The molecule has 4 heterocycles. The highest BCUT2D eigenvalue weighted by Crippen LogP contribution is 2.45. The molecule has 3 fully saturated rings. The molecule has 0 saturated carbocycles. The fourth-order valence-electron chi connectivity index (χ4n) is 4.02. The van der Waals surface area contributed by atoms with Crippen molar-refractivity contribution in [2.45, 2.75) is 44.5 Å². The quantitative estimate of drug-likeness (QED) is 0.802. The van der Waals surface area contributed by atoms with Crippen LogP contribution in [-0.4, -0.2) is 57.1 Å². The molecule has 6 heteroatoms. The molecule has 1 spiro atoms. The van der Waals surface area contributed by atoms with Crippen molar-refractivity contribution in [3.05, 3.63) is 23.8 Å². The van der Waals surface area contributed by atoms with Crippen molar-refractivity contribution >= 4 is 5.91 Å². The zero-order valence-electron chi connectivity index (χ0n) is 12.3. The second kappa shape index (κ2) is 4.74. The van der Waals surface area contributed by atoms with Gasteiger partial charge in [0.15, 0.2) is 5.72 Å². The number of hydrogen-bond acceptors (Lipinski definition) is 5. The van der Waals surface area contributed by atoms with Gasteiger partial charge in [0.1, 0.15) is 5.82 Å². The highest BCUT2D eigenvalue weighted by molar-refractivity contribution is 5.81. The number of amides is 1. The molecule has 0 aromatic carbocycles. The summed E-state index contributed by atoms with van der Waals surface area (Å²) in [5.74, 6) is 1.03. The Balaban J connectivity index is 1.58. The Labute approximate surface area is 124 Å². The molecule has 3 saturated heterocycles. The van der Waals surface area contributed by atoms with Crippen LogP contribution in [0.25, 0.3) is 0 Å². The van der Waals surface area contributed by atoms with E-state index in [-0.39, 0.29) is 17.7 Å². The minimum atomic E-state index is -0.364. The molecule has 112 valence electrons. The Morgan fingerprint density at radius 1 is 1.48 bits per heavy atom. The molecule has 0 aliphatic carbocycles. The molecule has 0 N–H and O–H groups in total. The largest absolute Gasteiger partial charge is 0.354 e. The molecule has 1 aromatic heterocycles. The van der Waals surface area contributed by atoms with Gasteiger partial charge < -0.3 is 9.64 Å². The molecule has 1 aromatic rings. The molecule has 4 rings (SSSR count). The van der Waals surface area contributed by atoms with Gasteiger partial charge in [-0.25, -0.2) is 9.97 Å². The van der Waals surface area contributed by atoms with Gasteiger partial charge in [0.05, 0.1) is 18.3 Å². The second-order valence-corrected chi connectivity index (χ2v) is 6.13. The van der Waals surface area contributed by atoms with Gasteiger partial charge in [-0.1, -0.05) is 0 Å². The third kappa shape index (κ3) is 1.97. The summed E-state index contributed by atoms with van der Waals surface area (Å²) in [6.45, 7) is 5.23. The summed E-state index contributed by atoms with van der Waals surface area (Å²) in [6.07, 6.45) is 4.23. The molecule has 3 aliphatic rings. The summed E-state index contributed by atoms with van der Waals surface area (Å²) in [5, 5.41) is 0. The van der Waals surface area contributed by atoms with Crippen molar-refractivity contribution in [1.82, 2.24) is 19.8 Å². The van der Waals surface area contributed by atoms with E-state index in [1.807, 2.05) is 17.9 Å². The van der Waals surface area contributed by atoms with E-state index >= 15 is 0 Å². The molecule has 2 atom stereocenters. The minimum Gasteiger partial charge on any atom is -0.354 e. The lowest BCUT2D eigenvalue weighted by Gasteiger charge is -2.42. The first-order valence-electron chi connectivity index (χ1n) is 7.66. The van der Waals surface area contributed by atoms with Gasteiger partial charge in [-0.15, -0.1) is 0 Å². The van der Waals surface area contributed by atoms with Gasteiger partial charge in [-0.2, -0.15) is 0 Å². The number of carbonyl (C=O) groups excluding carboxylic acids is 1. The fraction of sp³-hybridized carbons (Fsp3) is 0.667. The first kappa shape index (κ1) is 13.2. The van der Waals surface area contributed by atoms with Crippen LogP contribution in [0.2, 0.25) is 0 Å². The van der Waals surface area contributed by atoms with E-state index in [9.17, 15) is 4.79 Å². The smallest absolute Gasteiger partial charge is 0.226 e. The third-order valence-corrected chi connectivity index (χ3v) is 4.92. The van der Waals surface area contributed by atoms with Crippen LogP contribution in [0.4, 0.5) is 0 Å².